The Bertz CT molecular complexity index is 699. The lowest BCUT2D eigenvalue weighted by Crippen LogP contribution is -2.32. The van der Waals surface area contributed by atoms with Gasteiger partial charge in [-0.3, -0.25) is 4.79 Å². The van der Waals surface area contributed by atoms with Crippen LogP contribution in [0, 0.1) is 0 Å². The third kappa shape index (κ3) is 3.06. The number of carbonyl (C=O) groups is 2. The van der Waals surface area contributed by atoms with E-state index in [2.05, 4.69) is 0 Å². The van der Waals surface area contributed by atoms with Crippen LogP contribution in [-0.2, 0) is 21.2 Å². The highest BCUT2D eigenvalue weighted by Gasteiger charge is 2.37. The first kappa shape index (κ1) is 15.5. The largest absolute Gasteiger partial charge is 0.478 e. The molecule has 1 aromatic carbocycles. The average Bonchev–Trinajstić information content (AvgIpc) is 2.79. The molecule has 8 heteroatoms. The molecule has 3 N–H and O–H groups in total. The summed E-state index contributed by atoms with van der Waals surface area (Å²) in [4.78, 5) is 24.4. The van der Waals surface area contributed by atoms with E-state index in [0.29, 0.717) is 12.1 Å². The Morgan fingerprint density at radius 1 is 1.48 bits per heavy atom. The van der Waals surface area contributed by atoms with Gasteiger partial charge >= 0.3 is 5.97 Å². The summed E-state index contributed by atoms with van der Waals surface area (Å²) >= 11 is 0. The number of hydrogen-bond donors (Lipinski definition) is 2. The highest BCUT2D eigenvalue weighted by atomic mass is 32.2. The fourth-order valence-corrected chi connectivity index (χ4v) is 3.11. The summed E-state index contributed by atoms with van der Waals surface area (Å²) in [7, 11) is -3.80. The number of nitrogens with zero attached hydrogens (tertiary/aromatic N) is 1. The molecular formula is C13H16N2O5S. The number of carboxylic acids is 1. The molecule has 0 saturated carbocycles. The number of primary sulfonamides is 1. The van der Waals surface area contributed by atoms with E-state index in [4.69, 9.17) is 10.2 Å². The van der Waals surface area contributed by atoms with Crippen molar-refractivity contribution in [2.45, 2.75) is 25.0 Å². The molecule has 1 amide bonds. The van der Waals surface area contributed by atoms with E-state index >= 15 is 0 Å². The van der Waals surface area contributed by atoms with Gasteiger partial charge < -0.3 is 10.0 Å². The number of rotatable bonds is 4. The summed E-state index contributed by atoms with van der Waals surface area (Å²) in [6, 6.07) is 4.49. The third-order valence-corrected chi connectivity index (χ3v) is 4.80. The monoisotopic (exact) mass is 312 g/mol. The molecule has 0 bridgehead atoms. The molecule has 1 fully saturated rings. The minimum atomic E-state index is -3.80. The van der Waals surface area contributed by atoms with Crippen molar-refractivity contribution >= 4 is 27.6 Å². The van der Waals surface area contributed by atoms with Crippen LogP contribution < -0.4 is 10.0 Å². The first-order valence-corrected chi connectivity index (χ1v) is 8.03. The molecule has 0 spiro atoms. The molecule has 2 rings (SSSR count). The van der Waals surface area contributed by atoms with E-state index in [1.165, 1.54) is 17.0 Å². The smallest absolute Gasteiger partial charge is 0.335 e. The lowest BCUT2D eigenvalue weighted by molar-refractivity contribution is -0.117. The number of anilines is 1. The molecule has 0 aromatic heterocycles. The number of benzene rings is 1. The van der Waals surface area contributed by atoms with Crippen LogP contribution in [0.25, 0.3) is 0 Å². The minimum Gasteiger partial charge on any atom is -0.478 e. The molecule has 7 nitrogen and oxygen atoms in total. The zero-order valence-corrected chi connectivity index (χ0v) is 12.3. The van der Waals surface area contributed by atoms with Crippen LogP contribution in [0.1, 0.15) is 29.3 Å². The number of hydrogen-bond acceptors (Lipinski definition) is 4. The van der Waals surface area contributed by atoms with Crippen LogP contribution >= 0.6 is 0 Å². The van der Waals surface area contributed by atoms with Gasteiger partial charge in [0.15, 0.2) is 0 Å². The van der Waals surface area contributed by atoms with Gasteiger partial charge in [-0.25, -0.2) is 18.4 Å². The van der Waals surface area contributed by atoms with Crippen molar-refractivity contribution < 1.29 is 23.1 Å². The maximum absolute atomic E-state index is 12.0. The van der Waals surface area contributed by atoms with Crippen molar-refractivity contribution in [2.24, 2.45) is 5.14 Å². The number of sulfonamides is 1. The van der Waals surface area contributed by atoms with Gasteiger partial charge in [0.1, 0.15) is 5.25 Å². The van der Waals surface area contributed by atoms with Crippen LogP contribution in [0.2, 0.25) is 0 Å². The van der Waals surface area contributed by atoms with Crippen molar-refractivity contribution in [3.05, 3.63) is 29.3 Å². The third-order valence-electron chi connectivity index (χ3n) is 3.56. The molecule has 1 atom stereocenters. The quantitative estimate of drug-likeness (QED) is 0.831. The van der Waals surface area contributed by atoms with Crippen LogP contribution in [-0.4, -0.2) is 37.2 Å². The average molecular weight is 312 g/mol. The first-order chi connectivity index (χ1) is 9.74. The van der Waals surface area contributed by atoms with Crippen molar-refractivity contribution in [1.82, 2.24) is 0 Å². The van der Waals surface area contributed by atoms with Crippen molar-refractivity contribution in [3.63, 3.8) is 0 Å². The molecule has 1 aliphatic heterocycles. The Morgan fingerprint density at radius 3 is 2.62 bits per heavy atom. The van der Waals surface area contributed by atoms with Gasteiger partial charge in [-0.2, -0.15) is 0 Å². The molecule has 1 heterocycles. The lowest BCUT2D eigenvalue weighted by Gasteiger charge is -2.20. The fraction of sp³-hybridized carbons (Fsp3) is 0.385. The lowest BCUT2D eigenvalue weighted by atomic mass is 10.1. The molecule has 0 aliphatic carbocycles. The number of nitrogens with two attached hydrogens (primary N) is 1. The molecule has 114 valence electrons. The van der Waals surface area contributed by atoms with Crippen LogP contribution in [0.5, 0.6) is 0 Å². The van der Waals surface area contributed by atoms with E-state index in [1.54, 1.807) is 6.07 Å². The van der Waals surface area contributed by atoms with E-state index in [-0.39, 0.29) is 24.4 Å². The Balaban J connectivity index is 2.43. The topological polar surface area (TPSA) is 118 Å². The maximum Gasteiger partial charge on any atom is 0.335 e. The second-order valence-corrected chi connectivity index (χ2v) is 6.77. The predicted molar refractivity (Wildman–Crippen MR) is 76.6 cm³/mol. The zero-order valence-electron chi connectivity index (χ0n) is 11.4. The van der Waals surface area contributed by atoms with Crippen LogP contribution in [0.4, 0.5) is 5.69 Å². The van der Waals surface area contributed by atoms with E-state index < -0.39 is 21.2 Å². The van der Waals surface area contributed by atoms with Gasteiger partial charge in [0, 0.05) is 18.7 Å². The summed E-state index contributed by atoms with van der Waals surface area (Å²) in [5.41, 5.74) is 1.27. The number of aromatic carboxylic acids is 1. The number of carbonyl (C=O) groups excluding carboxylic acids is 1. The molecule has 1 saturated heterocycles. The van der Waals surface area contributed by atoms with E-state index in [0.717, 1.165) is 5.56 Å². The minimum absolute atomic E-state index is 0.0479. The Morgan fingerprint density at radius 2 is 2.14 bits per heavy atom. The number of carboxylic acid groups (broad SMARTS) is 1. The first-order valence-electron chi connectivity index (χ1n) is 6.42. The van der Waals surface area contributed by atoms with E-state index in [1.807, 2.05) is 6.92 Å². The zero-order chi connectivity index (χ0) is 15.8. The van der Waals surface area contributed by atoms with Gasteiger partial charge in [-0.1, -0.05) is 13.0 Å². The summed E-state index contributed by atoms with van der Waals surface area (Å²) in [5.74, 6) is -1.47. The van der Waals surface area contributed by atoms with Gasteiger partial charge in [0.05, 0.1) is 5.56 Å². The normalized spacial score (nSPS) is 19.0. The second-order valence-electron chi connectivity index (χ2n) is 4.92. The van der Waals surface area contributed by atoms with Crippen molar-refractivity contribution in [2.75, 3.05) is 11.4 Å². The molecule has 0 radical (unpaired) electrons. The number of aryl methyl sites for hydroxylation is 1. The summed E-state index contributed by atoms with van der Waals surface area (Å²) in [6.45, 7) is 1.82. The second kappa shape index (κ2) is 5.45. The van der Waals surface area contributed by atoms with Gasteiger partial charge in [-0.05, 0) is 24.1 Å². The van der Waals surface area contributed by atoms with Crippen molar-refractivity contribution in [3.8, 4) is 0 Å². The van der Waals surface area contributed by atoms with Crippen molar-refractivity contribution in [1.29, 1.82) is 0 Å². The van der Waals surface area contributed by atoms with Gasteiger partial charge in [0.25, 0.3) is 0 Å². The highest BCUT2D eigenvalue weighted by Crippen LogP contribution is 2.29. The van der Waals surface area contributed by atoms with Crippen LogP contribution in [0.3, 0.4) is 0 Å². The predicted octanol–water partition coefficient (Wildman–Crippen LogP) is 0.341. The standard InChI is InChI=1S/C13H16N2O5S/c1-2-8-3-4-9(13(17)18)5-11(8)15-7-10(6-12(15)16)21(14,19)20/h3-5,10H,2,6-7H2,1H3,(H,17,18)(H2,14,19,20). The Kier molecular flexibility index (Phi) is 4.02. The Labute approximate surface area is 122 Å². The SMILES string of the molecule is CCc1ccc(C(=O)O)cc1N1CC(S(N)(=O)=O)CC1=O. The summed E-state index contributed by atoms with van der Waals surface area (Å²) in [5, 5.41) is 13.2. The van der Waals surface area contributed by atoms with Gasteiger partial charge in [-0.15, -0.1) is 0 Å². The molecule has 1 aliphatic rings. The maximum atomic E-state index is 12.0. The Hall–Kier alpha value is -1.93. The van der Waals surface area contributed by atoms with Gasteiger partial charge in [0.2, 0.25) is 15.9 Å². The van der Waals surface area contributed by atoms with E-state index in [9.17, 15) is 18.0 Å². The van der Waals surface area contributed by atoms with Crippen LogP contribution in [0.15, 0.2) is 18.2 Å². The molecule has 21 heavy (non-hydrogen) atoms. The number of amides is 1. The summed E-state index contributed by atoms with van der Waals surface area (Å²) < 4.78 is 22.8. The molecule has 1 aromatic rings. The summed E-state index contributed by atoms with van der Waals surface area (Å²) in [6.07, 6.45) is 0.415. The molecule has 1 unspecified atom stereocenters. The fourth-order valence-electron chi connectivity index (χ4n) is 2.37. The highest BCUT2D eigenvalue weighted by molar-refractivity contribution is 7.89. The molecular weight excluding hydrogens is 296 g/mol.